The van der Waals surface area contributed by atoms with Crippen LogP contribution in [0, 0.1) is 17.2 Å². The predicted octanol–water partition coefficient (Wildman–Crippen LogP) is 4.64. The fraction of sp³-hybridized carbons (Fsp3) is 0.238. The van der Waals surface area contributed by atoms with Crippen LogP contribution in [0.3, 0.4) is 0 Å². The molecule has 2 unspecified atom stereocenters. The van der Waals surface area contributed by atoms with Crippen molar-refractivity contribution in [2.24, 2.45) is 5.92 Å². The molecule has 3 rings (SSSR count). The van der Waals surface area contributed by atoms with Crippen LogP contribution in [-0.2, 0) is 11.3 Å². The molecule has 3 nitrogen and oxygen atoms in total. The monoisotopic (exact) mass is 394 g/mol. The molecule has 2 aromatic rings. The van der Waals surface area contributed by atoms with Crippen molar-refractivity contribution in [1.29, 1.82) is 5.26 Å². The van der Waals surface area contributed by atoms with Gasteiger partial charge in [0.05, 0.1) is 11.6 Å². The molecular formula is C21H19BrN2O. The number of carbonyl (C=O) groups excluding carboxylic acids is 1. The number of amides is 1. The van der Waals surface area contributed by atoms with Gasteiger partial charge in [-0.05, 0) is 47.7 Å². The summed E-state index contributed by atoms with van der Waals surface area (Å²) in [5.41, 5.74) is 2.86. The van der Waals surface area contributed by atoms with E-state index in [0.29, 0.717) is 24.6 Å². The maximum atomic E-state index is 12.9. The molecule has 1 aliphatic rings. The average Bonchev–Trinajstić information content (AvgIpc) is 3.42. The molecule has 0 aliphatic heterocycles. The Morgan fingerprint density at radius 3 is 2.72 bits per heavy atom. The highest BCUT2D eigenvalue weighted by atomic mass is 79.9. The highest BCUT2D eigenvalue weighted by Gasteiger charge is 2.45. The summed E-state index contributed by atoms with van der Waals surface area (Å²) in [6.07, 6.45) is 2.66. The highest BCUT2D eigenvalue weighted by molar-refractivity contribution is 9.10. The highest BCUT2D eigenvalue weighted by Crippen LogP contribution is 2.49. The molecule has 0 heterocycles. The maximum Gasteiger partial charge on any atom is 0.226 e. The number of hydrogen-bond donors (Lipinski definition) is 0. The van der Waals surface area contributed by atoms with Gasteiger partial charge in [0, 0.05) is 23.5 Å². The number of benzene rings is 2. The first-order chi connectivity index (χ1) is 12.1. The van der Waals surface area contributed by atoms with Crippen LogP contribution in [0.15, 0.2) is 65.7 Å². The van der Waals surface area contributed by atoms with E-state index in [2.05, 4.69) is 40.7 Å². The molecule has 1 aliphatic carbocycles. The first-order valence-electron chi connectivity index (χ1n) is 8.26. The van der Waals surface area contributed by atoms with Gasteiger partial charge in [-0.3, -0.25) is 4.79 Å². The number of nitriles is 1. The summed E-state index contributed by atoms with van der Waals surface area (Å²) >= 11 is 3.49. The third-order valence-electron chi connectivity index (χ3n) is 4.50. The van der Waals surface area contributed by atoms with E-state index >= 15 is 0 Å². The largest absolute Gasteiger partial charge is 0.334 e. The Morgan fingerprint density at radius 2 is 2.08 bits per heavy atom. The lowest BCUT2D eigenvalue weighted by Crippen LogP contribution is -2.32. The topological polar surface area (TPSA) is 44.1 Å². The zero-order valence-corrected chi connectivity index (χ0v) is 15.4. The van der Waals surface area contributed by atoms with E-state index in [1.807, 2.05) is 29.2 Å². The van der Waals surface area contributed by atoms with Crippen molar-refractivity contribution in [3.05, 3.63) is 82.3 Å². The van der Waals surface area contributed by atoms with E-state index in [4.69, 9.17) is 5.26 Å². The zero-order valence-electron chi connectivity index (χ0n) is 13.9. The molecule has 0 bridgehead atoms. The molecule has 2 atom stereocenters. The van der Waals surface area contributed by atoms with Gasteiger partial charge in [0.1, 0.15) is 0 Å². The Labute approximate surface area is 156 Å². The Kier molecular flexibility index (Phi) is 5.35. The second kappa shape index (κ2) is 7.67. The van der Waals surface area contributed by atoms with E-state index in [1.165, 1.54) is 5.56 Å². The summed E-state index contributed by atoms with van der Waals surface area (Å²) in [6, 6.07) is 17.7. The van der Waals surface area contributed by atoms with Crippen molar-refractivity contribution in [2.45, 2.75) is 18.9 Å². The Bertz CT molecular complexity index is 823. The van der Waals surface area contributed by atoms with Crippen molar-refractivity contribution in [2.75, 3.05) is 6.54 Å². The summed E-state index contributed by atoms with van der Waals surface area (Å²) in [4.78, 5) is 14.7. The third kappa shape index (κ3) is 4.18. The molecular weight excluding hydrogens is 376 g/mol. The summed E-state index contributed by atoms with van der Waals surface area (Å²) in [5, 5.41) is 8.89. The molecule has 2 aromatic carbocycles. The van der Waals surface area contributed by atoms with Crippen LogP contribution in [0.25, 0.3) is 0 Å². The van der Waals surface area contributed by atoms with Gasteiger partial charge in [-0.25, -0.2) is 0 Å². The molecule has 4 heteroatoms. The van der Waals surface area contributed by atoms with Crippen molar-refractivity contribution in [3.63, 3.8) is 0 Å². The summed E-state index contributed by atoms with van der Waals surface area (Å²) in [6.45, 7) is 4.85. The smallest absolute Gasteiger partial charge is 0.226 e. The number of halogens is 1. The molecule has 0 saturated heterocycles. The van der Waals surface area contributed by atoms with Crippen LogP contribution in [0.2, 0.25) is 0 Å². The van der Waals surface area contributed by atoms with Gasteiger partial charge in [0.15, 0.2) is 0 Å². The van der Waals surface area contributed by atoms with E-state index in [1.54, 1.807) is 18.2 Å². The standard InChI is InChI=1S/C21H19BrN2O/c1-2-10-24(14-16-8-6-15(13-23)7-9-16)21(25)20-12-19(20)17-4-3-5-18(22)11-17/h2-9,11,19-20H,1,10,12,14H2. The summed E-state index contributed by atoms with van der Waals surface area (Å²) in [5.74, 6) is 0.528. The van der Waals surface area contributed by atoms with Gasteiger partial charge in [-0.2, -0.15) is 5.26 Å². The lowest BCUT2D eigenvalue weighted by molar-refractivity contribution is -0.132. The molecule has 1 amide bonds. The Balaban J connectivity index is 1.69. The second-order valence-electron chi connectivity index (χ2n) is 6.32. The third-order valence-corrected chi connectivity index (χ3v) is 5.00. The molecule has 1 saturated carbocycles. The molecule has 0 aromatic heterocycles. The van der Waals surface area contributed by atoms with Gasteiger partial charge < -0.3 is 4.90 Å². The zero-order chi connectivity index (χ0) is 17.8. The van der Waals surface area contributed by atoms with Gasteiger partial charge in [0.2, 0.25) is 5.91 Å². The maximum absolute atomic E-state index is 12.9. The Hall–Kier alpha value is -2.38. The van der Waals surface area contributed by atoms with Crippen LogP contribution >= 0.6 is 15.9 Å². The fourth-order valence-electron chi connectivity index (χ4n) is 3.10. The first-order valence-corrected chi connectivity index (χ1v) is 9.06. The molecule has 1 fully saturated rings. The van der Waals surface area contributed by atoms with Crippen LogP contribution < -0.4 is 0 Å². The second-order valence-corrected chi connectivity index (χ2v) is 7.24. The van der Waals surface area contributed by atoms with E-state index < -0.39 is 0 Å². The van der Waals surface area contributed by atoms with Crippen LogP contribution in [-0.4, -0.2) is 17.4 Å². The quantitative estimate of drug-likeness (QED) is 0.669. The van der Waals surface area contributed by atoms with Gasteiger partial charge in [-0.1, -0.05) is 46.3 Å². The average molecular weight is 395 g/mol. The minimum absolute atomic E-state index is 0.0487. The lowest BCUT2D eigenvalue weighted by Gasteiger charge is -2.21. The van der Waals surface area contributed by atoms with Crippen LogP contribution in [0.1, 0.15) is 29.0 Å². The number of rotatable bonds is 6. The van der Waals surface area contributed by atoms with E-state index in [9.17, 15) is 4.79 Å². The van der Waals surface area contributed by atoms with Crippen molar-refractivity contribution < 1.29 is 4.79 Å². The van der Waals surface area contributed by atoms with Crippen molar-refractivity contribution in [3.8, 4) is 6.07 Å². The number of nitrogens with zero attached hydrogens (tertiary/aromatic N) is 2. The minimum atomic E-state index is 0.0487. The molecule has 0 radical (unpaired) electrons. The van der Waals surface area contributed by atoms with E-state index in [-0.39, 0.29) is 11.8 Å². The van der Waals surface area contributed by atoms with Crippen LogP contribution in [0.4, 0.5) is 0 Å². The fourth-order valence-corrected chi connectivity index (χ4v) is 3.52. The van der Waals surface area contributed by atoms with Crippen molar-refractivity contribution in [1.82, 2.24) is 4.90 Å². The SMILES string of the molecule is C=CCN(Cc1ccc(C#N)cc1)C(=O)C1CC1c1cccc(Br)c1. The van der Waals surface area contributed by atoms with Crippen molar-refractivity contribution >= 4 is 21.8 Å². The normalized spacial score (nSPS) is 18.2. The van der Waals surface area contributed by atoms with Gasteiger partial charge >= 0.3 is 0 Å². The first kappa shape index (κ1) is 17.4. The Morgan fingerprint density at radius 1 is 1.32 bits per heavy atom. The predicted molar refractivity (Wildman–Crippen MR) is 102 cm³/mol. The summed E-state index contributed by atoms with van der Waals surface area (Å²) < 4.78 is 1.05. The molecule has 25 heavy (non-hydrogen) atoms. The van der Waals surface area contributed by atoms with Gasteiger partial charge in [-0.15, -0.1) is 6.58 Å². The van der Waals surface area contributed by atoms with Crippen LogP contribution in [0.5, 0.6) is 0 Å². The molecule has 0 N–H and O–H groups in total. The summed E-state index contributed by atoms with van der Waals surface area (Å²) in [7, 11) is 0. The number of hydrogen-bond acceptors (Lipinski definition) is 2. The lowest BCUT2D eigenvalue weighted by atomic mass is 10.1. The molecule has 0 spiro atoms. The van der Waals surface area contributed by atoms with E-state index in [0.717, 1.165) is 16.5 Å². The minimum Gasteiger partial charge on any atom is -0.334 e. The van der Waals surface area contributed by atoms with Gasteiger partial charge in [0.25, 0.3) is 0 Å². The molecule has 126 valence electrons. The number of carbonyl (C=O) groups is 1.